The molecule has 2 aromatic rings. The number of hydrogen-bond donors (Lipinski definition) is 1. The molecule has 1 N–H and O–H groups in total. The van der Waals surface area contributed by atoms with Gasteiger partial charge >= 0.3 is 0 Å². The van der Waals surface area contributed by atoms with Crippen molar-refractivity contribution < 1.29 is 9.13 Å². The molecule has 0 bridgehead atoms. The standard InChI is InChI=1S/C16H17BrFNO/c1-3-19-11(2)12-4-7-14(8-5-12)20-16-10-13(17)6-9-15(16)18/h4-11,19H,3H2,1-2H3. The highest BCUT2D eigenvalue weighted by atomic mass is 79.9. The van der Waals surface area contributed by atoms with E-state index < -0.39 is 0 Å². The van der Waals surface area contributed by atoms with E-state index >= 15 is 0 Å². The van der Waals surface area contributed by atoms with E-state index in [1.807, 2.05) is 24.3 Å². The van der Waals surface area contributed by atoms with Crippen LogP contribution >= 0.6 is 15.9 Å². The van der Waals surface area contributed by atoms with Gasteiger partial charge < -0.3 is 10.1 Å². The van der Waals surface area contributed by atoms with Gasteiger partial charge in [0.1, 0.15) is 5.75 Å². The van der Waals surface area contributed by atoms with Crippen LogP contribution in [0.1, 0.15) is 25.5 Å². The van der Waals surface area contributed by atoms with E-state index in [1.54, 1.807) is 12.1 Å². The van der Waals surface area contributed by atoms with Crippen LogP contribution in [-0.4, -0.2) is 6.54 Å². The maximum Gasteiger partial charge on any atom is 0.165 e. The van der Waals surface area contributed by atoms with Crippen LogP contribution in [0.25, 0.3) is 0 Å². The summed E-state index contributed by atoms with van der Waals surface area (Å²) in [4.78, 5) is 0. The van der Waals surface area contributed by atoms with Crippen LogP contribution in [-0.2, 0) is 0 Å². The first kappa shape index (κ1) is 15.0. The van der Waals surface area contributed by atoms with Gasteiger partial charge in [-0.25, -0.2) is 4.39 Å². The normalized spacial score (nSPS) is 12.2. The maximum absolute atomic E-state index is 13.6. The van der Waals surface area contributed by atoms with Gasteiger partial charge in [-0.1, -0.05) is 35.0 Å². The Balaban J connectivity index is 2.12. The molecule has 0 saturated heterocycles. The van der Waals surface area contributed by atoms with Gasteiger partial charge in [-0.2, -0.15) is 0 Å². The Labute approximate surface area is 127 Å². The molecule has 2 aromatic carbocycles. The molecule has 2 rings (SSSR count). The average molecular weight is 338 g/mol. The van der Waals surface area contributed by atoms with Gasteiger partial charge in [0.2, 0.25) is 0 Å². The highest BCUT2D eigenvalue weighted by molar-refractivity contribution is 9.10. The number of benzene rings is 2. The third kappa shape index (κ3) is 3.81. The first-order chi connectivity index (χ1) is 9.60. The zero-order valence-electron chi connectivity index (χ0n) is 11.5. The lowest BCUT2D eigenvalue weighted by molar-refractivity contribution is 0.441. The molecule has 2 nitrogen and oxygen atoms in total. The Hall–Kier alpha value is -1.39. The minimum Gasteiger partial charge on any atom is -0.454 e. The smallest absolute Gasteiger partial charge is 0.165 e. The third-order valence-electron chi connectivity index (χ3n) is 3.01. The Morgan fingerprint density at radius 3 is 2.55 bits per heavy atom. The lowest BCUT2D eigenvalue weighted by atomic mass is 10.1. The maximum atomic E-state index is 13.6. The first-order valence-corrected chi connectivity index (χ1v) is 7.35. The van der Waals surface area contributed by atoms with Crippen LogP contribution in [0.3, 0.4) is 0 Å². The Kier molecular flexibility index (Phi) is 5.15. The number of hydrogen-bond acceptors (Lipinski definition) is 2. The highest BCUT2D eigenvalue weighted by Crippen LogP contribution is 2.28. The van der Waals surface area contributed by atoms with Crippen LogP contribution in [0, 0.1) is 5.82 Å². The van der Waals surface area contributed by atoms with Gasteiger partial charge in [0.25, 0.3) is 0 Å². The summed E-state index contributed by atoms with van der Waals surface area (Å²) in [7, 11) is 0. The monoisotopic (exact) mass is 337 g/mol. The van der Waals surface area contributed by atoms with Crippen molar-refractivity contribution in [2.24, 2.45) is 0 Å². The van der Waals surface area contributed by atoms with E-state index in [0.717, 1.165) is 11.0 Å². The molecule has 4 heteroatoms. The van der Waals surface area contributed by atoms with Gasteiger partial charge in [-0.3, -0.25) is 0 Å². The quantitative estimate of drug-likeness (QED) is 0.824. The fraction of sp³-hybridized carbons (Fsp3) is 0.250. The summed E-state index contributed by atoms with van der Waals surface area (Å²) in [5.74, 6) is 0.458. The molecule has 0 aliphatic heterocycles. The van der Waals surface area contributed by atoms with E-state index in [2.05, 4.69) is 35.1 Å². The number of halogens is 2. The molecule has 0 radical (unpaired) electrons. The topological polar surface area (TPSA) is 21.3 Å². The summed E-state index contributed by atoms with van der Waals surface area (Å²) in [5.41, 5.74) is 1.17. The van der Waals surface area contributed by atoms with E-state index in [4.69, 9.17) is 4.74 Å². The van der Waals surface area contributed by atoms with E-state index in [-0.39, 0.29) is 17.6 Å². The van der Waals surface area contributed by atoms with Crippen molar-refractivity contribution >= 4 is 15.9 Å². The highest BCUT2D eigenvalue weighted by Gasteiger charge is 2.07. The molecular weight excluding hydrogens is 321 g/mol. The van der Waals surface area contributed by atoms with Crippen LogP contribution in [0.5, 0.6) is 11.5 Å². The lowest BCUT2D eigenvalue weighted by Gasteiger charge is -2.13. The van der Waals surface area contributed by atoms with Crippen molar-refractivity contribution in [2.75, 3.05) is 6.54 Å². The van der Waals surface area contributed by atoms with Crippen molar-refractivity contribution in [3.05, 3.63) is 58.3 Å². The molecule has 20 heavy (non-hydrogen) atoms. The summed E-state index contributed by atoms with van der Waals surface area (Å²) >= 11 is 3.30. The zero-order valence-corrected chi connectivity index (χ0v) is 13.1. The number of nitrogens with one attached hydrogen (secondary N) is 1. The Morgan fingerprint density at radius 2 is 1.90 bits per heavy atom. The fourth-order valence-electron chi connectivity index (χ4n) is 1.93. The van der Waals surface area contributed by atoms with Gasteiger partial charge in [0.15, 0.2) is 11.6 Å². The lowest BCUT2D eigenvalue weighted by Crippen LogP contribution is -2.17. The Bertz CT molecular complexity index is 571. The van der Waals surface area contributed by atoms with Gasteiger partial charge in [0, 0.05) is 10.5 Å². The number of rotatable bonds is 5. The summed E-state index contributed by atoms with van der Waals surface area (Å²) in [6, 6.07) is 12.6. The van der Waals surface area contributed by atoms with Gasteiger partial charge in [-0.05, 0) is 49.4 Å². The van der Waals surface area contributed by atoms with Crippen molar-refractivity contribution in [2.45, 2.75) is 19.9 Å². The summed E-state index contributed by atoms with van der Waals surface area (Å²) in [6.07, 6.45) is 0. The average Bonchev–Trinajstić information content (AvgIpc) is 2.44. The summed E-state index contributed by atoms with van der Waals surface area (Å²) in [5, 5.41) is 3.34. The van der Waals surface area contributed by atoms with Crippen molar-refractivity contribution in [3.8, 4) is 11.5 Å². The first-order valence-electron chi connectivity index (χ1n) is 6.56. The summed E-state index contributed by atoms with van der Waals surface area (Å²) < 4.78 is 20.0. The largest absolute Gasteiger partial charge is 0.454 e. The molecule has 0 heterocycles. The van der Waals surface area contributed by atoms with Crippen molar-refractivity contribution in [3.63, 3.8) is 0 Å². The van der Waals surface area contributed by atoms with E-state index in [0.29, 0.717) is 5.75 Å². The van der Waals surface area contributed by atoms with Crippen LogP contribution in [0.2, 0.25) is 0 Å². The molecule has 0 aliphatic carbocycles. The van der Waals surface area contributed by atoms with Crippen LogP contribution in [0.4, 0.5) is 4.39 Å². The van der Waals surface area contributed by atoms with Gasteiger partial charge in [0.05, 0.1) is 0 Å². The molecule has 1 atom stereocenters. The molecular formula is C16H17BrFNO. The second kappa shape index (κ2) is 6.86. The molecule has 0 aliphatic rings. The molecule has 0 amide bonds. The minimum absolute atomic E-state index is 0.215. The van der Waals surface area contributed by atoms with Gasteiger partial charge in [-0.15, -0.1) is 0 Å². The second-order valence-corrected chi connectivity index (χ2v) is 5.44. The van der Waals surface area contributed by atoms with E-state index in [9.17, 15) is 4.39 Å². The summed E-state index contributed by atoms with van der Waals surface area (Å²) in [6.45, 7) is 5.10. The minimum atomic E-state index is -0.377. The van der Waals surface area contributed by atoms with Crippen LogP contribution < -0.4 is 10.1 Å². The molecule has 0 saturated carbocycles. The molecule has 1 unspecified atom stereocenters. The second-order valence-electron chi connectivity index (χ2n) is 4.53. The SMILES string of the molecule is CCNC(C)c1ccc(Oc2cc(Br)ccc2F)cc1. The number of ether oxygens (including phenoxy) is 1. The van der Waals surface area contributed by atoms with Crippen LogP contribution in [0.15, 0.2) is 46.9 Å². The predicted octanol–water partition coefficient (Wildman–Crippen LogP) is 5.05. The molecule has 0 aromatic heterocycles. The predicted molar refractivity (Wildman–Crippen MR) is 82.7 cm³/mol. The van der Waals surface area contributed by atoms with E-state index in [1.165, 1.54) is 11.6 Å². The Morgan fingerprint density at radius 1 is 1.20 bits per heavy atom. The van der Waals surface area contributed by atoms with Crippen molar-refractivity contribution in [1.29, 1.82) is 0 Å². The zero-order chi connectivity index (χ0) is 14.5. The van der Waals surface area contributed by atoms with Crippen molar-refractivity contribution in [1.82, 2.24) is 5.32 Å². The third-order valence-corrected chi connectivity index (χ3v) is 3.50. The molecule has 0 spiro atoms. The molecule has 0 fully saturated rings. The fourth-order valence-corrected chi connectivity index (χ4v) is 2.27. The molecule has 106 valence electrons.